The molecule has 1 aromatic heterocycles. The lowest BCUT2D eigenvalue weighted by molar-refractivity contribution is -0.128. The van der Waals surface area contributed by atoms with Crippen LogP contribution in [-0.2, 0) is 10.2 Å². The molecule has 0 bridgehead atoms. The maximum Gasteiger partial charge on any atom is 0.228 e. The van der Waals surface area contributed by atoms with E-state index in [4.69, 9.17) is 5.73 Å². The van der Waals surface area contributed by atoms with Gasteiger partial charge in [0.25, 0.3) is 0 Å². The Morgan fingerprint density at radius 3 is 2.73 bits per heavy atom. The lowest BCUT2D eigenvalue weighted by Gasteiger charge is -2.44. The number of aromatic nitrogens is 1. The highest BCUT2D eigenvalue weighted by Gasteiger charge is 2.48. The van der Waals surface area contributed by atoms with Crippen LogP contribution < -0.4 is 5.73 Å². The van der Waals surface area contributed by atoms with E-state index in [0.717, 1.165) is 22.9 Å². The van der Waals surface area contributed by atoms with Gasteiger partial charge in [-0.1, -0.05) is 6.92 Å². The minimum absolute atomic E-state index is 0.236. The molecule has 2 N–H and O–H groups in total. The molecule has 2 rings (SSSR count). The van der Waals surface area contributed by atoms with E-state index in [-0.39, 0.29) is 5.91 Å². The Balaban J connectivity index is 2.39. The van der Waals surface area contributed by atoms with Crippen molar-refractivity contribution in [2.45, 2.75) is 25.2 Å². The number of primary amides is 1. The van der Waals surface area contributed by atoms with Crippen molar-refractivity contribution in [2.75, 3.05) is 0 Å². The molecule has 1 aliphatic rings. The first-order valence-corrected chi connectivity index (χ1v) is 5.75. The summed E-state index contributed by atoms with van der Waals surface area (Å²) in [6.45, 7) is 2.13. The third-order valence-electron chi connectivity index (χ3n) is 3.12. The van der Waals surface area contributed by atoms with Crippen molar-refractivity contribution in [1.29, 1.82) is 0 Å². The summed E-state index contributed by atoms with van der Waals surface area (Å²) < 4.78 is 0.889. The molecule has 15 heavy (non-hydrogen) atoms. The van der Waals surface area contributed by atoms with Crippen LogP contribution in [0.3, 0.4) is 0 Å². The second-order valence-corrected chi connectivity index (χ2v) is 5.27. The van der Waals surface area contributed by atoms with Crippen LogP contribution in [0, 0.1) is 5.92 Å². The van der Waals surface area contributed by atoms with Gasteiger partial charge in [-0.05, 0) is 46.3 Å². The zero-order chi connectivity index (χ0) is 11.1. The second kappa shape index (κ2) is 3.59. The fraction of sp³-hybridized carbons (Fsp3) is 0.455. The summed E-state index contributed by atoms with van der Waals surface area (Å²) in [5, 5.41) is 0. The van der Waals surface area contributed by atoms with Crippen LogP contribution in [0.4, 0.5) is 0 Å². The minimum Gasteiger partial charge on any atom is -0.369 e. The quantitative estimate of drug-likeness (QED) is 0.892. The summed E-state index contributed by atoms with van der Waals surface area (Å²) in [4.78, 5) is 15.6. The Labute approximate surface area is 97.2 Å². The molecule has 0 unspecified atom stereocenters. The molecule has 1 fully saturated rings. The number of hydrogen-bond acceptors (Lipinski definition) is 2. The van der Waals surface area contributed by atoms with E-state index in [1.165, 1.54) is 0 Å². The van der Waals surface area contributed by atoms with Gasteiger partial charge in [0, 0.05) is 16.9 Å². The number of nitrogens with zero attached hydrogens (tertiary/aromatic N) is 1. The molecule has 1 amide bonds. The first kappa shape index (κ1) is 10.6. The Kier molecular flexibility index (Phi) is 2.54. The highest BCUT2D eigenvalue weighted by molar-refractivity contribution is 9.10. The zero-order valence-electron chi connectivity index (χ0n) is 8.53. The summed E-state index contributed by atoms with van der Waals surface area (Å²) in [5.41, 5.74) is 5.95. The van der Waals surface area contributed by atoms with Gasteiger partial charge in [-0.3, -0.25) is 9.78 Å². The van der Waals surface area contributed by atoms with E-state index in [2.05, 4.69) is 27.8 Å². The molecule has 0 radical (unpaired) electrons. The number of halogens is 1. The number of pyridine rings is 1. The lowest BCUT2D eigenvalue weighted by Crippen LogP contribution is -2.50. The van der Waals surface area contributed by atoms with Gasteiger partial charge in [0.2, 0.25) is 5.91 Å². The van der Waals surface area contributed by atoms with Crippen molar-refractivity contribution in [1.82, 2.24) is 4.98 Å². The molecule has 4 heteroatoms. The van der Waals surface area contributed by atoms with Crippen molar-refractivity contribution >= 4 is 21.8 Å². The van der Waals surface area contributed by atoms with E-state index in [9.17, 15) is 4.79 Å². The van der Waals surface area contributed by atoms with Gasteiger partial charge in [-0.2, -0.15) is 0 Å². The standard InChI is InChI=1S/C11H13BrN2O/c1-7-3-11(4-7,10(13)15)8-2-9(12)6-14-5-8/h2,5-7H,3-4H2,1H3,(H2,13,15). The van der Waals surface area contributed by atoms with Crippen LogP contribution in [0.2, 0.25) is 0 Å². The third kappa shape index (κ3) is 1.67. The van der Waals surface area contributed by atoms with Crippen molar-refractivity contribution in [3.8, 4) is 0 Å². The van der Waals surface area contributed by atoms with Crippen LogP contribution in [0.25, 0.3) is 0 Å². The molecule has 0 saturated heterocycles. The number of carbonyl (C=O) groups is 1. The molecule has 1 aromatic rings. The summed E-state index contributed by atoms with van der Waals surface area (Å²) in [7, 11) is 0. The van der Waals surface area contributed by atoms with Crippen molar-refractivity contribution < 1.29 is 4.79 Å². The molecule has 1 heterocycles. The second-order valence-electron chi connectivity index (χ2n) is 4.35. The molecular weight excluding hydrogens is 256 g/mol. The average Bonchev–Trinajstić information content (AvgIpc) is 2.12. The summed E-state index contributed by atoms with van der Waals surface area (Å²) in [6.07, 6.45) is 5.11. The summed E-state index contributed by atoms with van der Waals surface area (Å²) in [5.74, 6) is 0.331. The molecule has 3 nitrogen and oxygen atoms in total. The van der Waals surface area contributed by atoms with Gasteiger partial charge in [-0.25, -0.2) is 0 Å². The average molecular weight is 269 g/mol. The van der Waals surface area contributed by atoms with E-state index >= 15 is 0 Å². The van der Waals surface area contributed by atoms with Gasteiger partial charge < -0.3 is 5.73 Å². The molecule has 0 aliphatic heterocycles. The third-order valence-corrected chi connectivity index (χ3v) is 3.56. The zero-order valence-corrected chi connectivity index (χ0v) is 10.1. The number of rotatable bonds is 2. The van der Waals surface area contributed by atoms with Gasteiger partial charge >= 0.3 is 0 Å². The lowest BCUT2D eigenvalue weighted by atomic mass is 9.59. The van der Waals surface area contributed by atoms with Crippen LogP contribution in [0.15, 0.2) is 22.9 Å². The van der Waals surface area contributed by atoms with Crippen LogP contribution in [0.5, 0.6) is 0 Å². The largest absolute Gasteiger partial charge is 0.369 e. The van der Waals surface area contributed by atoms with Crippen molar-refractivity contribution in [3.05, 3.63) is 28.5 Å². The van der Waals surface area contributed by atoms with Gasteiger partial charge in [0.15, 0.2) is 0 Å². The predicted octanol–water partition coefficient (Wildman–Crippen LogP) is 2.00. The number of hydrogen-bond donors (Lipinski definition) is 1. The fourth-order valence-corrected chi connectivity index (χ4v) is 2.75. The Hall–Kier alpha value is -0.900. The molecule has 1 aliphatic carbocycles. The normalized spacial score (nSPS) is 29.6. The number of amides is 1. The molecule has 0 atom stereocenters. The van der Waals surface area contributed by atoms with Gasteiger partial charge in [-0.15, -0.1) is 0 Å². The Bertz CT molecular complexity index is 399. The summed E-state index contributed by atoms with van der Waals surface area (Å²) in [6, 6.07) is 1.93. The maximum atomic E-state index is 11.5. The van der Waals surface area contributed by atoms with E-state index in [0.29, 0.717) is 5.92 Å². The topological polar surface area (TPSA) is 56.0 Å². The smallest absolute Gasteiger partial charge is 0.228 e. The van der Waals surface area contributed by atoms with E-state index in [1.807, 2.05) is 6.07 Å². The van der Waals surface area contributed by atoms with Crippen LogP contribution in [0.1, 0.15) is 25.3 Å². The highest BCUT2D eigenvalue weighted by Crippen LogP contribution is 2.47. The molecular formula is C11H13BrN2O. The SMILES string of the molecule is CC1CC(C(N)=O)(c2cncc(Br)c2)C1. The van der Waals surface area contributed by atoms with Gasteiger partial charge in [0.05, 0.1) is 5.41 Å². The molecule has 80 valence electrons. The van der Waals surface area contributed by atoms with Gasteiger partial charge in [0.1, 0.15) is 0 Å². The first-order valence-electron chi connectivity index (χ1n) is 4.95. The number of nitrogens with two attached hydrogens (primary N) is 1. The van der Waals surface area contributed by atoms with Crippen molar-refractivity contribution in [3.63, 3.8) is 0 Å². The van der Waals surface area contributed by atoms with E-state index in [1.54, 1.807) is 12.4 Å². The molecule has 1 saturated carbocycles. The van der Waals surface area contributed by atoms with Crippen LogP contribution >= 0.6 is 15.9 Å². The van der Waals surface area contributed by atoms with Crippen LogP contribution in [-0.4, -0.2) is 10.9 Å². The maximum absolute atomic E-state index is 11.5. The minimum atomic E-state index is -0.476. The Morgan fingerprint density at radius 2 is 2.27 bits per heavy atom. The van der Waals surface area contributed by atoms with E-state index < -0.39 is 5.41 Å². The monoisotopic (exact) mass is 268 g/mol. The number of carbonyl (C=O) groups excluding carboxylic acids is 1. The van der Waals surface area contributed by atoms with Crippen molar-refractivity contribution in [2.24, 2.45) is 11.7 Å². The summed E-state index contributed by atoms with van der Waals surface area (Å²) >= 11 is 3.36. The predicted molar refractivity (Wildman–Crippen MR) is 61.2 cm³/mol. The molecule has 0 spiro atoms. The highest BCUT2D eigenvalue weighted by atomic mass is 79.9. The molecule has 0 aromatic carbocycles. The fourth-order valence-electron chi connectivity index (χ4n) is 2.38. The Morgan fingerprint density at radius 1 is 1.60 bits per heavy atom. The first-order chi connectivity index (χ1) is 7.04.